The fourth-order valence-corrected chi connectivity index (χ4v) is 4.75. The van der Waals surface area contributed by atoms with Crippen LogP contribution in [0.3, 0.4) is 0 Å². The summed E-state index contributed by atoms with van der Waals surface area (Å²) in [6.45, 7) is 17.4. The van der Waals surface area contributed by atoms with Crippen LogP contribution in [0.5, 0.6) is 0 Å². The molecule has 0 radical (unpaired) electrons. The molecule has 2 aliphatic rings. The first-order valence-electron chi connectivity index (χ1n) is 6.55. The second-order valence-electron chi connectivity index (χ2n) is 8.23. The highest BCUT2D eigenvalue weighted by Gasteiger charge is 2.68. The summed E-state index contributed by atoms with van der Waals surface area (Å²) in [6, 6.07) is 0. The molecule has 0 heteroatoms. The molecule has 2 rings (SSSR count). The molecule has 2 fully saturated rings. The Labute approximate surface area is 95.8 Å². The monoisotopic (exact) mass is 208 g/mol. The van der Waals surface area contributed by atoms with Gasteiger partial charge in [-0.05, 0) is 46.8 Å². The van der Waals surface area contributed by atoms with Crippen molar-refractivity contribution in [2.75, 3.05) is 0 Å². The predicted octanol–water partition coefficient (Wildman–Crippen LogP) is 4.89. The maximum atomic E-state index is 2.56. The molecular formula is C15H28. The summed E-state index contributed by atoms with van der Waals surface area (Å²) in [5.41, 5.74) is 2.17. The number of hydrogen-bond donors (Lipinski definition) is 0. The summed E-state index contributed by atoms with van der Waals surface area (Å²) in [4.78, 5) is 0. The van der Waals surface area contributed by atoms with Crippen LogP contribution in [-0.2, 0) is 0 Å². The maximum Gasteiger partial charge on any atom is -0.0236 e. The standard InChI is InChI=1S/C15H28/c1-12(2,3)11-10-14(6)8-9-15(11,7)13(14,4)5/h11H,8-10H2,1-7H3/t11?,14-,15+/m1/s1. The van der Waals surface area contributed by atoms with Crippen LogP contribution in [0.15, 0.2) is 0 Å². The van der Waals surface area contributed by atoms with Crippen LogP contribution < -0.4 is 0 Å². The third-order valence-electron chi connectivity index (χ3n) is 6.60. The predicted molar refractivity (Wildman–Crippen MR) is 66.8 cm³/mol. The first-order chi connectivity index (χ1) is 6.55. The molecule has 0 aromatic rings. The Morgan fingerprint density at radius 3 is 1.67 bits per heavy atom. The summed E-state index contributed by atoms with van der Waals surface area (Å²) in [5.74, 6) is 0.902. The average molecular weight is 208 g/mol. The number of rotatable bonds is 0. The van der Waals surface area contributed by atoms with Gasteiger partial charge in [0.15, 0.2) is 0 Å². The van der Waals surface area contributed by atoms with Crippen LogP contribution in [0.1, 0.15) is 67.7 Å². The fraction of sp³-hybridized carbons (Fsp3) is 1.00. The topological polar surface area (TPSA) is 0 Å². The molecule has 1 unspecified atom stereocenters. The van der Waals surface area contributed by atoms with Crippen molar-refractivity contribution < 1.29 is 0 Å². The Morgan fingerprint density at radius 2 is 1.47 bits per heavy atom. The molecule has 0 aliphatic heterocycles. The molecule has 15 heavy (non-hydrogen) atoms. The van der Waals surface area contributed by atoms with Crippen LogP contribution in [-0.4, -0.2) is 0 Å². The molecule has 2 aliphatic carbocycles. The quantitative estimate of drug-likeness (QED) is 0.532. The van der Waals surface area contributed by atoms with E-state index in [0.29, 0.717) is 21.7 Å². The van der Waals surface area contributed by atoms with Gasteiger partial charge in [0.1, 0.15) is 0 Å². The van der Waals surface area contributed by atoms with Crippen LogP contribution in [0.4, 0.5) is 0 Å². The van der Waals surface area contributed by atoms with Crippen LogP contribution in [0.25, 0.3) is 0 Å². The van der Waals surface area contributed by atoms with Gasteiger partial charge in [-0.2, -0.15) is 0 Å². The first-order valence-corrected chi connectivity index (χ1v) is 6.55. The minimum Gasteiger partial charge on any atom is -0.0599 e. The SMILES string of the molecule is CC(C)(C)C1C[C@@]2(C)CC[C@]1(C)C2(C)C. The van der Waals surface area contributed by atoms with Gasteiger partial charge >= 0.3 is 0 Å². The van der Waals surface area contributed by atoms with Crippen LogP contribution in [0.2, 0.25) is 0 Å². The van der Waals surface area contributed by atoms with E-state index in [4.69, 9.17) is 0 Å². The number of fused-ring (bicyclic) bond motifs is 2. The minimum atomic E-state index is 0.476. The van der Waals surface area contributed by atoms with E-state index in [1.165, 1.54) is 19.3 Å². The van der Waals surface area contributed by atoms with Crippen molar-refractivity contribution in [3.8, 4) is 0 Å². The van der Waals surface area contributed by atoms with Gasteiger partial charge in [0, 0.05) is 0 Å². The van der Waals surface area contributed by atoms with Gasteiger partial charge in [0.05, 0.1) is 0 Å². The normalized spacial score (nSPS) is 48.6. The summed E-state index contributed by atoms with van der Waals surface area (Å²) in [6.07, 6.45) is 4.33. The molecule has 3 atom stereocenters. The van der Waals surface area contributed by atoms with Crippen molar-refractivity contribution in [3.05, 3.63) is 0 Å². The van der Waals surface area contributed by atoms with E-state index in [1.54, 1.807) is 0 Å². The zero-order valence-corrected chi connectivity index (χ0v) is 11.7. The summed E-state index contributed by atoms with van der Waals surface area (Å²) in [5, 5.41) is 0. The Kier molecular flexibility index (Phi) is 2.01. The third-order valence-corrected chi connectivity index (χ3v) is 6.60. The molecule has 0 amide bonds. The van der Waals surface area contributed by atoms with Gasteiger partial charge in [-0.1, -0.05) is 48.5 Å². The Balaban J connectivity index is 2.46. The van der Waals surface area contributed by atoms with Crippen molar-refractivity contribution in [2.45, 2.75) is 67.7 Å². The molecule has 0 spiro atoms. The van der Waals surface area contributed by atoms with E-state index in [0.717, 1.165) is 5.92 Å². The number of hydrogen-bond acceptors (Lipinski definition) is 0. The van der Waals surface area contributed by atoms with Gasteiger partial charge in [0.25, 0.3) is 0 Å². The molecule has 0 N–H and O–H groups in total. The van der Waals surface area contributed by atoms with Gasteiger partial charge in [-0.15, -0.1) is 0 Å². The Bertz CT molecular complexity index is 281. The van der Waals surface area contributed by atoms with Gasteiger partial charge in [0.2, 0.25) is 0 Å². The minimum absolute atomic E-state index is 0.476. The zero-order valence-electron chi connectivity index (χ0n) is 11.7. The average Bonchev–Trinajstić information content (AvgIpc) is 2.31. The van der Waals surface area contributed by atoms with Gasteiger partial charge in [-0.3, -0.25) is 0 Å². The third kappa shape index (κ3) is 1.14. The van der Waals surface area contributed by atoms with Crippen molar-refractivity contribution in [1.29, 1.82) is 0 Å². The Morgan fingerprint density at radius 1 is 0.933 bits per heavy atom. The van der Waals surface area contributed by atoms with Crippen LogP contribution in [0, 0.1) is 27.6 Å². The van der Waals surface area contributed by atoms with Crippen LogP contribution >= 0.6 is 0 Å². The van der Waals surface area contributed by atoms with Crippen molar-refractivity contribution in [3.63, 3.8) is 0 Å². The molecule has 0 heterocycles. The molecule has 2 saturated carbocycles. The van der Waals surface area contributed by atoms with E-state index < -0.39 is 0 Å². The lowest BCUT2D eigenvalue weighted by molar-refractivity contribution is 0.0328. The molecule has 0 aromatic heterocycles. The van der Waals surface area contributed by atoms with E-state index in [9.17, 15) is 0 Å². The highest BCUT2D eigenvalue weighted by Crippen LogP contribution is 2.76. The highest BCUT2D eigenvalue weighted by atomic mass is 14.7. The lowest BCUT2D eigenvalue weighted by Crippen LogP contribution is -2.38. The van der Waals surface area contributed by atoms with Gasteiger partial charge in [-0.25, -0.2) is 0 Å². The van der Waals surface area contributed by atoms with E-state index in [2.05, 4.69) is 48.5 Å². The van der Waals surface area contributed by atoms with E-state index in [-0.39, 0.29) is 0 Å². The second-order valence-corrected chi connectivity index (χ2v) is 8.23. The molecule has 0 aromatic carbocycles. The molecule has 88 valence electrons. The lowest BCUT2D eigenvalue weighted by Gasteiger charge is -2.45. The summed E-state index contributed by atoms with van der Waals surface area (Å²) < 4.78 is 0. The zero-order chi connectivity index (χ0) is 11.7. The highest BCUT2D eigenvalue weighted by molar-refractivity contribution is 5.17. The lowest BCUT2D eigenvalue weighted by atomic mass is 9.59. The van der Waals surface area contributed by atoms with Crippen molar-refractivity contribution in [2.24, 2.45) is 27.6 Å². The summed E-state index contributed by atoms with van der Waals surface area (Å²) in [7, 11) is 0. The largest absolute Gasteiger partial charge is 0.0599 e. The van der Waals surface area contributed by atoms with Crippen molar-refractivity contribution in [1.82, 2.24) is 0 Å². The molecule has 2 bridgehead atoms. The van der Waals surface area contributed by atoms with Crippen molar-refractivity contribution >= 4 is 0 Å². The second kappa shape index (κ2) is 2.63. The molecular weight excluding hydrogens is 180 g/mol. The summed E-state index contributed by atoms with van der Waals surface area (Å²) >= 11 is 0. The molecule has 0 saturated heterocycles. The first kappa shape index (κ1) is 11.5. The Hall–Kier alpha value is 0. The smallest absolute Gasteiger partial charge is 0.0236 e. The fourth-order valence-electron chi connectivity index (χ4n) is 4.75. The maximum absolute atomic E-state index is 2.56. The van der Waals surface area contributed by atoms with Gasteiger partial charge < -0.3 is 0 Å². The van der Waals surface area contributed by atoms with E-state index in [1.807, 2.05) is 0 Å². The van der Waals surface area contributed by atoms with E-state index >= 15 is 0 Å². The molecule has 0 nitrogen and oxygen atoms in total.